The van der Waals surface area contributed by atoms with E-state index in [-0.39, 0.29) is 11.7 Å². The first-order chi connectivity index (χ1) is 8.11. The van der Waals surface area contributed by atoms with Gasteiger partial charge in [-0.1, -0.05) is 0 Å². The minimum absolute atomic E-state index is 0.0220. The molecule has 1 saturated carbocycles. The van der Waals surface area contributed by atoms with Crippen LogP contribution in [0, 0.1) is 11.7 Å². The molecule has 4 heteroatoms. The van der Waals surface area contributed by atoms with Crippen molar-refractivity contribution in [2.75, 3.05) is 13.1 Å². The highest BCUT2D eigenvalue weighted by Gasteiger charge is 2.27. The van der Waals surface area contributed by atoms with Crippen LogP contribution in [-0.4, -0.2) is 23.9 Å². The van der Waals surface area contributed by atoms with Crippen LogP contribution in [0.25, 0.3) is 0 Å². The molecule has 0 aromatic heterocycles. The Morgan fingerprint density at radius 3 is 2.76 bits per heavy atom. The van der Waals surface area contributed by atoms with Crippen molar-refractivity contribution in [2.24, 2.45) is 5.92 Å². The second kappa shape index (κ2) is 5.17. The molecule has 1 aliphatic rings. The molecule has 17 heavy (non-hydrogen) atoms. The van der Waals surface area contributed by atoms with Crippen LogP contribution in [0.1, 0.15) is 30.1 Å². The van der Waals surface area contributed by atoms with E-state index in [4.69, 9.17) is 0 Å². The topological polar surface area (TPSA) is 20.3 Å². The molecule has 0 saturated heterocycles. The van der Waals surface area contributed by atoms with E-state index in [1.807, 2.05) is 11.8 Å². The lowest BCUT2D eigenvalue weighted by Crippen LogP contribution is -2.32. The summed E-state index contributed by atoms with van der Waals surface area (Å²) in [6, 6.07) is 4.19. The smallest absolute Gasteiger partial charge is 0.255 e. The molecule has 1 aromatic carbocycles. The van der Waals surface area contributed by atoms with E-state index >= 15 is 0 Å². The van der Waals surface area contributed by atoms with Gasteiger partial charge in [-0.3, -0.25) is 4.79 Å². The van der Waals surface area contributed by atoms with E-state index in [9.17, 15) is 9.18 Å². The van der Waals surface area contributed by atoms with Crippen LogP contribution in [0.5, 0.6) is 0 Å². The predicted octanol–water partition coefficient (Wildman–Crippen LogP) is 3.46. The van der Waals surface area contributed by atoms with Crippen molar-refractivity contribution in [1.82, 2.24) is 4.90 Å². The van der Waals surface area contributed by atoms with Crippen LogP contribution in [0.2, 0.25) is 0 Å². The molecule has 0 atom stereocenters. The van der Waals surface area contributed by atoms with Gasteiger partial charge in [-0.25, -0.2) is 4.39 Å². The Morgan fingerprint density at radius 2 is 2.24 bits per heavy atom. The van der Waals surface area contributed by atoms with Crippen LogP contribution in [-0.2, 0) is 0 Å². The van der Waals surface area contributed by atoms with E-state index < -0.39 is 0 Å². The van der Waals surface area contributed by atoms with Crippen LogP contribution in [0.15, 0.2) is 22.7 Å². The van der Waals surface area contributed by atoms with Crippen molar-refractivity contribution < 1.29 is 9.18 Å². The maximum Gasteiger partial charge on any atom is 0.255 e. The number of carbonyl (C=O) groups excluding carboxylic acids is 1. The summed E-state index contributed by atoms with van der Waals surface area (Å²) in [5.41, 5.74) is 0.536. The molecule has 0 aliphatic heterocycles. The number of hydrogen-bond acceptors (Lipinski definition) is 1. The van der Waals surface area contributed by atoms with Gasteiger partial charge in [-0.2, -0.15) is 0 Å². The Hall–Kier alpha value is -0.900. The zero-order chi connectivity index (χ0) is 12.4. The Kier molecular flexibility index (Phi) is 3.82. The number of nitrogens with zero attached hydrogens (tertiary/aromatic N) is 1. The molecular formula is C13H15BrFNO. The van der Waals surface area contributed by atoms with E-state index in [0.29, 0.717) is 22.5 Å². The predicted molar refractivity (Wildman–Crippen MR) is 68.4 cm³/mol. The fourth-order valence-corrected chi connectivity index (χ4v) is 2.32. The summed E-state index contributed by atoms with van der Waals surface area (Å²) in [5, 5.41) is 0. The van der Waals surface area contributed by atoms with Gasteiger partial charge in [-0.05, 0) is 59.8 Å². The molecule has 0 spiro atoms. The standard InChI is InChI=1S/C13H15BrFNO/c1-2-16(8-9-3-4-9)13(17)11-6-5-10(15)7-12(11)14/h5-7,9H,2-4,8H2,1H3. The van der Waals surface area contributed by atoms with E-state index in [2.05, 4.69) is 15.9 Å². The molecule has 0 unspecified atom stereocenters. The van der Waals surface area contributed by atoms with Crippen molar-refractivity contribution in [2.45, 2.75) is 19.8 Å². The summed E-state index contributed by atoms with van der Waals surface area (Å²) in [5.74, 6) is 0.308. The average Bonchev–Trinajstić information content (AvgIpc) is 3.09. The van der Waals surface area contributed by atoms with Crippen molar-refractivity contribution in [3.63, 3.8) is 0 Å². The fraction of sp³-hybridized carbons (Fsp3) is 0.462. The molecule has 1 amide bonds. The van der Waals surface area contributed by atoms with Crippen LogP contribution < -0.4 is 0 Å². The first kappa shape index (κ1) is 12.6. The summed E-state index contributed by atoms with van der Waals surface area (Å²) in [7, 11) is 0. The monoisotopic (exact) mass is 299 g/mol. The van der Waals surface area contributed by atoms with Gasteiger partial charge in [0.1, 0.15) is 5.82 Å². The van der Waals surface area contributed by atoms with Gasteiger partial charge in [0, 0.05) is 17.6 Å². The largest absolute Gasteiger partial charge is 0.339 e. The molecule has 1 aliphatic carbocycles. The molecular weight excluding hydrogens is 285 g/mol. The van der Waals surface area contributed by atoms with Gasteiger partial charge in [0.25, 0.3) is 5.91 Å². The highest BCUT2D eigenvalue weighted by Crippen LogP contribution is 2.30. The fourth-order valence-electron chi connectivity index (χ4n) is 1.80. The second-order valence-corrected chi connectivity index (χ2v) is 5.27. The Balaban J connectivity index is 2.15. The number of benzene rings is 1. The van der Waals surface area contributed by atoms with Crippen LogP contribution >= 0.6 is 15.9 Å². The zero-order valence-corrected chi connectivity index (χ0v) is 11.3. The van der Waals surface area contributed by atoms with Crippen molar-refractivity contribution in [1.29, 1.82) is 0 Å². The van der Waals surface area contributed by atoms with Gasteiger partial charge >= 0.3 is 0 Å². The van der Waals surface area contributed by atoms with Gasteiger partial charge < -0.3 is 4.90 Å². The van der Waals surface area contributed by atoms with Gasteiger partial charge in [-0.15, -0.1) is 0 Å². The second-order valence-electron chi connectivity index (χ2n) is 4.41. The van der Waals surface area contributed by atoms with E-state index in [1.165, 1.54) is 31.0 Å². The third-order valence-electron chi connectivity index (χ3n) is 3.01. The van der Waals surface area contributed by atoms with Crippen molar-refractivity contribution >= 4 is 21.8 Å². The zero-order valence-electron chi connectivity index (χ0n) is 9.75. The molecule has 1 aromatic rings. The quantitative estimate of drug-likeness (QED) is 0.834. The maximum absolute atomic E-state index is 13.0. The Bertz CT molecular complexity index is 431. The molecule has 0 radical (unpaired) electrons. The van der Waals surface area contributed by atoms with Crippen LogP contribution in [0.3, 0.4) is 0 Å². The maximum atomic E-state index is 13.0. The summed E-state index contributed by atoms with van der Waals surface area (Å²) in [6.45, 7) is 3.48. The van der Waals surface area contributed by atoms with Gasteiger partial charge in [0.2, 0.25) is 0 Å². The first-order valence-corrected chi connectivity index (χ1v) is 6.65. The molecule has 2 rings (SSSR count). The minimum atomic E-state index is -0.335. The number of amides is 1. The lowest BCUT2D eigenvalue weighted by atomic mass is 10.2. The van der Waals surface area contributed by atoms with Gasteiger partial charge in [0.05, 0.1) is 5.56 Å². The summed E-state index contributed by atoms with van der Waals surface area (Å²) in [6.07, 6.45) is 2.43. The summed E-state index contributed by atoms with van der Waals surface area (Å²) in [4.78, 5) is 14.1. The molecule has 1 fully saturated rings. The SMILES string of the molecule is CCN(CC1CC1)C(=O)c1ccc(F)cc1Br. The summed E-state index contributed by atoms with van der Waals surface area (Å²) < 4.78 is 13.5. The highest BCUT2D eigenvalue weighted by atomic mass is 79.9. The average molecular weight is 300 g/mol. The van der Waals surface area contributed by atoms with E-state index in [1.54, 1.807) is 0 Å². The number of halogens is 2. The van der Waals surface area contributed by atoms with Gasteiger partial charge in [0.15, 0.2) is 0 Å². The lowest BCUT2D eigenvalue weighted by Gasteiger charge is -2.21. The Morgan fingerprint density at radius 1 is 1.53 bits per heavy atom. The normalized spacial score (nSPS) is 14.8. The number of rotatable bonds is 4. The highest BCUT2D eigenvalue weighted by molar-refractivity contribution is 9.10. The molecule has 2 nitrogen and oxygen atoms in total. The third-order valence-corrected chi connectivity index (χ3v) is 3.66. The van der Waals surface area contributed by atoms with E-state index in [0.717, 1.165) is 6.54 Å². The molecule has 92 valence electrons. The number of carbonyl (C=O) groups is 1. The minimum Gasteiger partial charge on any atom is -0.339 e. The van der Waals surface area contributed by atoms with Crippen LogP contribution in [0.4, 0.5) is 4.39 Å². The summed E-state index contributed by atoms with van der Waals surface area (Å²) >= 11 is 3.24. The van der Waals surface area contributed by atoms with Crippen molar-refractivity contribution in [3.05, 3.63) is 34.1 Å². The molecule has 0 heterocycles. The first-order valence-electron chi connectivity index (χ1n) is 5.86. The Labute approximate surface area is 109 Å². The van der Waals surface area contributed by atoms with Crippen molar-refractivity contribution in [3.8, 4) is 0 Å². The third kappa shape index (κ3) is 3.06. The molecule has 0 N–H and O–H groups in total. The number of hydrogen-bond donors (Lipinski definition) is 0. The lowest BCUT2D eigenvalue weighted by molar-refractivity contribution is 0.0756. The molecule has 0 bridgehead atoms.